The Bertz CT molecular complexity index is 1730. The molecule has 1 atom stereocenters. The van der Waals surface area contributed by atoms with Gasteiger partial charge in [0.1, 0.15) is 11.5 Å². The quantitative estimate of drug-likeness (QED) is 0.0697. The minimum atomic E-state index is -0.516. The number of halogens is 1. The van der Waals surface area contributed by atoms with E-state index in [0.717, 1.165) is 43.5 Å². The number of rotatable bonds is 12. The molecule has 0 saturated carbocycles. The van der Waals surface area contributed by atoms with Gasteiger partial charge in [0.25, 0.3) is 0 Å². The number of anilines is 1. The van der Waals surface area contributed by atoms with E-state index in [9.17, 15) is 9.59 Å². The number of hydrogen-bond acceptors (Lipinski definition) is 9. The van der Waals surface area contributed by atoms with Crippen LogP contribution in [0.5, 0.6) is 23.0 Å². The molecule has 0 bridgehead atoms. The van der Waals surface area contributed by atoms with Gasteiger partial charge in [0.15, 0.2) is 22.4 Å². The van der Waals surface area contributed by atoms with E-state index in [-0.39, 0.29) is 17.3 Å². The first-order valence-electron chi connectivity index (χ1n) is 14.9. The van der Waals surface area contributed by atoms with Gasteiger partial charge < -0.3 is 34.9 Å². The second-order valence-corrected chi connectivity index (χ2v) is 11.5. The summed E-state index contributed by atoms with van der Waals surface area (Å²) >= 11 is 11.8. The number of Topliss-reactive ketones (excluding diaryl/α,β-unsaturated/α-hetero) is 1. The van der Waals surface area contributed by atoms with E-state index in [0.29, 0.717) is 57.4 Å². The SMILES string of the molecule is COc1cc2c(Oc3ccc(NC(=S)NC(=O)CC(=O)c4ccccc4C)cc3Cl)ccnc2cc1OCCCC1COCCN1. The predicted molar refractivity (Wildman–Crippen MR) is 182 cm³/mol. The number of nitrogens with zero attached hydrogens (tertiary/aromatic N) is 1. The number of ether oxygens (including phenoxy) is 4. The first-order valence-corrected chi connectivity index (χ1v) is 15.7. The summed E-state index contributed by atoms with van der Waals surface area (Å²) in [5, 5.41) is 9.97. The number of fused-ring (bicyclic) bond motifs is 1. The lowest BCUT2D eigenvalue weighted by Crippen LogP contribution is -2.41. The molecule has 0 spiro atoms. The lowest BCUT2D eigenvalue weighted by molar-refractivity contribution is -0.118. The Hall–Kier alpha value is -4.29. The van der Waals surface area contributed by atoms with Crippen molar-refractivity contribution in [3.8, 4) is 23.0 Å². The number of aryl methyl sites for hydroxylation is 1. The number of methoxy groups -OCH3 is 1. The van der Waals surface area contributed by atoms with Gasteiger partial charge in [-0.2, -0.15) is 0 Å². The summed E-state index contributed by atoms with van der Waals surface area (Å²) in [6, 6.07) is 17.9. The number of thiocarbonyl (C=S) groups is 1. The van der Waals surface area contributed by atoms with Crippen molar-refractivity contribution in [2.45, 2.75) is 32.2 Å². The molecule has 0 radical (unpaired) electrons. The van der Waals surface area contributed by atoms with Crippen LogP contribution in [-0.2, 0) is 9.53 Å². The summed E-state index contributed by atoms with van der Waals surface area (Å²) in [6.45, 7) is 4.71. The van der Waals surface area contributed by atoms with Gasteiger partial charge in [-0.15, -0.1) is 0 Å². The number of morpholine rings is 1. The molecule has 1 aliphatic heterocycles. The molecular weight excluding hydrogens is 628 g/mol. The van der Waals surface area contributed by atoms with Crippen LogP contribution in [0.15, 0.2) is 66.9 Å². The fourth-order valence-electron chi connectivity index (χ4n) is 5.05. The van der Waals surface area contributed by atoms with Crippen molar-refractivity contribution in [3.63, 3.8) is 0 Å². The number of hydrogen-bond donors (Lipinski definition) is 3. The first-order chi connectivity index (χ1) is 22.3. The molecule has 1 saturated heterocycles. The zero-order valence-electron chi connectivity index (χ0n) is 25.6. The summed E-state index contributed by atoms with van der Waals surface area (Å²) in [6.07, 6.45) is 3.15. The Kier molecular flexibility index (Phi) is 11.4. The summed E-state index contributed by atoms with van der Waals surface area (Å²) in [5.74, 6) is 1.29. The van der Waals surface area contributed by atoms with Crippen molar-refractivity contribution in [1.82, 2.24) is 15.6 Å². The van der Waals surface area contributed by atoms with Gasteiger partial charge in [0.05, 0.1) is 43.9 Å². The lowest BCUT2D eigenvalue weighted by atomic mass is 10.0. The number of carbonyl (C=O) groups is 2. The number of ketones is 1. The number of aromatic nitrogens is 1. The number of nitrogens with one attached hydrogen (secondary N) is 3. The molecule has 5 rings (SSSR count). The largest absolute Gasteiger partial charge is 0.493 e. The number of amides is 1. The highest BCUT2D eigenvalue weighted by molar-refractivity contribution is 7.80. The Labute approximate surface area is 277 Å². The van der Waals surface area contributed by atoms with Crippen molar-refractivity contribution in [2.75, 3.05) is 38.8 Å². The van der Waals surface area contributed by atoms with Crippen LogP contribution in [0, 0.1) is 6.92 Å². The Morgan fingerprint density at radius 2 is 1.93 bits per heavy atom. The molecule has 1 fully saturated rings. The van der Waals surface area contributed by atoms with Crippen LogP contribution >= 0.6 is 23.8 Å². The average Bonchev–Trinajstić information content (AvgIpc) is 3.04. The van der Waals surface area contributed by atoms with E-state index in [1.54, 1.807) is 49.7 Å². The Morgan fingerprint density at radius 3 is 2.70 bits per heavy atom. The van der Waals surface area contributed by atoms with Crippen LogP contribution in [0.2, 0.25) is 5.02 Å². The highest BCUT2D eigenvalue weighted by Crippen LogP contribution is 2.39. The van der Waals surface area contributed by atoms with Crippen LogP contribution in [-0.4, -0.2) is 61.3 Å². The Morgan fingerprint density at radius 1 is 1.09 bits per heavy atom. The highest BCUT2D eigenvalue weighted by Gasteiger charge is 2.17. The topological polar surface area (TPSA) is 120 Å². The van der Waals surface area contributed by atoms with Crippen LogP contribution < -0.4 is 30.2 Å². The molecule has 1 unspecified atom stereocenters. The third kappa shape index (κ3) is 8.70. The normalized spacial score (nSPS) is 14.4. The summed E-state index contributed by atoms with van der Waals surface area (Å²) in [4.78, 5) is 29.4. The molecule has 3 aromatic carbocycles. The van der Waals surface area contributed by atoms with Gasteiger partial charge in [0.2, 0.25) is 5.91 Å². The molecule has 4 aromatic rings. The zero-order chi connectivity index (χ0) is 32.5. The van der Waals surface area contributed by atoms with E-state index < -0.39 is 5.91 Å². The standard InChI is InChI=1S/C34H35ClN4O6S/c1-21-6-3-4-8-24(21)28(40)19-33(41)39-34(46)38-22-9-10-30(26(35)16-22)45-29-11-12-37-27-18-32(31(42-2)17-25(27)29)44-14-5-7-23-20-43-15-13-36-23/h3-4,6,8-12,16-18,23,36H,5,7,13-15,19-20H2,1-2H3,(H2,38,39,41,46). The Balaban J connectivity index is 1.19. The van der Waals surface area contributed by atoms with Crippen LogP contribution in [0.25, 0.3) is 10.9 Å². The third-order valence-electron chi connectivity index (χ3n) is 7.37. The van der Waals surface area contributed by atoms with E-state index in [2.05, 4.69) is 20.9 Å². The second-order valence-electron chi connectivity index (χ2n) is 10.7. The van der Waals surface area contributed by atoms with Crippen molar-refractivity contribution >= 4 is 57.2 Å². The summed E-state index contributed by atoms with van der Waals surface area (Å²) < 4.78 is 23.4. The van der Waals surface area contributed by atoms with Gasteiger partial charge in [0, 0.05) is 41.5 Å². The smallest absolute Gasteiger partial charge is 0.233 e. The van der Waals surface area contributed by atoms with Gasteiger partial charge in [-0.25, -0.2) is 0 Å². The molecule has 12 heteroatoms. The molecule has 46 heavy (non-hydrogen) atoms. The van der Waals surface area contributed by atoms with Crippen molar-refractivity contribution in [2.24, 2.45) is 0 Å². The third-order valence-corrected chi connectivity index (χ3v) is 7.87. The molecule has 0 aliphatic carbocycles. The van der Waals surface area contributed by atoms with Gasteiger partial charge in [-0.3, -0.25) is 14.6 Å². The maximum Gasteiger partial charge on any atom is 0.233 e. The molecule has 2 heterocycles. The number of pyridine rings is 1. The molecule has 1 aliphatic rings. The number of carbonyl (C=O) groups excluding carboxylic acids is 2. The molecule has 1 amide bonds. The van der Waals surface area contributed by atoms with Crippen molar-refractivity contribution in [1.29, 1.82) is 0 Å². The van der Waals surface area contributed by atoms with Crippen molar-refractivity contribution in [3.05, 3.63) is 83.0 Å². The highest BCUT2D eigenvalue weighted by atomic mass is 35.5. The fourth-order valence-corrected chi connectivity index (χ4v) is 5.50. The second kappa shape index (κ2) is 15.8. The molecular formula is C34H35ClN4O6S. The first kappa shape index (κ1) is 33.1. The molecule has 240 valence electrons. The monoisotopic (exact) mass is 662 g/mol. The van der Waals surface area contributed by atoms with E-state index >= 15 is 0 Å². The molecule has 3 N–H and O–H groups in total. The minimum absolute atomic E-state index is 0.0391. The van der Waals surface area contributed by atoms with Crippen molar-refractivity contribution < 1.29 is 28.5 Å². The average molecular weight is 663 g/mol. The van der Waals surface area contributed by atoms with E-state index in [4.69, 9.17) is 42.8 Å². The van der Waals surface area contributed by atoms with E-state index in [1.807, 2.05) is 31.2 Å². The number of benzene rings is 3. The fraction of sp³-hybridized carbons (Fsp3) is 0.294. The summed E-state index contributed by atoms with van der Waals surface area (Å²) in [5.41, 5.74) is 2.51. The van der Waals surface area contributed by atoms with Crippen LogP contribution in [0.4, 0.5) is 5.69 Å². The zero-order valence-corrected chi connectivity index (χ0v) is 27.1. The predicted octanol–water partition coefficient (Wildman–Crippen LogP) is 6.23. The molecule has 1 aromatic heterocycles. The summed E-state index contributed by atoms with van der Waals surface area (Å²) in [7, 11) is 1.59. The van der Waals surface area contributed by atoms with Crippen LogP contribution in [0.3, 0.4) is 0 Å². The minimum Gasteiger partial charge on any atom is -0.493 e. The maximum atomic E-state index is 12.5. The molecule has 10 nitrogen and oxygen atoms in total. The van der Waals surface area contributed by atoms with Crippen LogP contribution in [0.1, 0.15) is 35.2 Å². The lowest BCUT2D eigenvalue weighted by Gasteiger charge is -2.23. The van der Waals surface area contributed by atoms with Gasteiger partial charge in [-0.1, -0.05) is 35.9 Å². The van der Waals surface area contributed by atoms with E-state index in [1.165, 1.54) is 0 Å². The van der Waals surface area contributed by atoms with Gasteiger partial charge in [-0.05, 0) is 67.9 Å². The van der Waals surface area contributed by atoms with Gasteiger partial charge >= 0.3 is 0 Å². The maximum absolute atomic E-state index is 12.5.